The lowest BCUT2D eigenvalue weighted by Gasteiger charge is -2.32. The molecule has 0 aliphatic carbocycles. The molecule has 0 amide bonds. The summed E-state index contributed by atoms with van der Waals surface area (Å²) in [6, 6.07) is 5.50. The second-order valence-electron chi connectivity index (χ2n) is 6.39. The third-order valence-electron chi connectivity index (χ3n) is 3.87. The Balaban J connectivity index is 2.89. The van der Waals surface area contributed by atoms with E-state index in [0.717, 1.165) is 17.8 Å². The Morgan fingerprint density at radius 2 is 1.80 bits per heavy atom. The van der Waals surface area contributed by atoms with Gasteiger partial charge in [-0.1, -0.05) is 27.7 Å². The van der Waals surface area contributed by atoms with Crippen molar-refractivity contribution in [2.24, 2.45) is 11.8 Å². The van der Waals surface area contributed by atoms with E-state index in [0.29, 0.717) is 24.4 Å². The summed E-state index contributed by atoms with van der Waals surface area (Å²) >= 11 is 0. The summed E-state index contributed by atoms with van der Waals surface area (Å²) in [5.74, 6) is 0.988. The summed E-state index contributed by atoms with van der Waals surface area (Å²) in [6.07, 6.45) is 0. The Kier molecular flexibility index (Phi) is 6.47. The summed E-state index contributed by atoms with van der Waals surface area (Å²) in [4.78, 5) is 2.25. The van der Waals surface area contributed by atoms with E-state index in [2.05, 4.69) is 51.9 Å². The molecule has 114 valence electrons. The highest BCUT2D eigenvalue weighted by Gasteiger charge is 2.16. The fourth-order valence-electron chi connectivity index (χ4n) is 2.20. The number of benzene rings is 1. The van der Waals surface area contributed by atoms with Crippen LogP contribution in [0.2, 0.25) is 0 Å². The molecule has 0 bridgehead atoms. The normalized spacial score (nSPS) is 13.1. The van der Waals surface area contributed by atoms with Crippen LogP contribution in [0.5, 0.6) is 0 Å². The van der Waals surface area contributed by atoms with Crippen LogP contribution in [-0.4, -0.2) is 19.6 Å². The van der Waals surface area contributed by atoms with Gasteiger partial charge in [0.1, 0.15) is 5.82 Å². The smallest absolute Gasteiger partial charge is 0.123 e. The summed E-state index contributed by atoms with van der Waals surface area (Å²) in [5.41, 5.74) is 2.14. The number of rotatable bonds is 7. The minimum absolute atomic E-state index is 0.166. The van der Waals surface area contributed by atoms with Gasteiger partial charge in [0.05, 0.1) is 0 Å². The SMILES string of the molecule is CC(C)CNCc1cc(F)ccc1N(C)C(C)C(C)C. The average Bonchev–Trinajstić information content (AvgIpc) is 2.36. The Labute approximate surface area is 123 Å². The Morgan fingerprint density at radius 1 is 1.15 bits per heavy atom. The average molecular weight is 280 g/mol. The van der Waals surface area contributed by atoms with Crippen LogP contribution in [0.25, 0.3) is 0 Å². The van der Waals surface area contributed by atoms with Crippen LogP contribution in [0, 0.1) is 17.7 Å². The standard InChI is InChI=1S/C17H29FN2/c1-12(2)10-19-11-15-9-16(18)7-8-17(15)20(6)14(5)13(3)4/h7-9,12-14,19H,10-11H2,1-6H3. The zero-order valence-electron chi connectivity index (χ0n) is 13.7. The number of halogens is 1. The van der Waals surface area contributed by atoms with E-state index in [1.807, 2.05) is 6.07 Å². The van der Waals surface area contributed by atoms with Gasteiger partial charge < -0.3 is 10.2 Å². The van der Waals surface area contributed by atoms with E-state index in [1.165, 1.54) is 0 Å². The van der Waals surface area contributed by atoms with Crippen LogP contribution in [0.3, 0.4) is 0 Å². The first-order valence-electron chi connectivity index (χ1n) is 7.55. The molecule has 1 unspecified atom stereocenters. The van der Waals surface area contributed by atoms with Gasteiger partial charge in [-0.3, -0.25) is 0 Å². The molecule has 0 spiro atoms. The number of nitrogens with zero attached hydrogens (tertiary/aromatic N) is 1. The summed E-state index contributed by atoms with van der Waals surface area (Å²) in [6.45, 7) is 12.6. The van der Waals surface area contributed by atoms with Crippen LogP contribution in [0.15, 0.2) is 18.2 Å². The lowest BCUT2D eigenvalue weighted by molar-refractivity contribution is 0.502. The predicted octanol–water partition coefficient (Wildman–Crippen LogP) is 4.05. The molecule has 0 saturated heterocycles. The third-order valence-corrected chi connectivity index (χ3v) is 3.87. The van der Waals surface area contributed by atoms with Gasteiger partial charge in [-0.25, -0.2) is 4.39 Å². The maximum Gasteiger partial charge on any atom is 0.123 e. The van der Waals surface area contributed by atoms with Gasteiger partial charge in [-0.15, -0.1) is 0 Å². The van der Waals surface area contributed by atoms with E-state index in [9.17, 15) is 4.39 Å². The zero-order chi connectivity index (χ0) is 15.3. The maximum atomic E-state index is 13.5. The van der Waals surface area contributed by atoms with E-state index in [-0.39, 0.29) is 5.82 Å². The second kappa shape index (κ2) is 7.63. The van der Waals surface area contributed by atoms with E-state index < -0.39 is 0 Å². The van der Waals surface area contributed by atoms with Crippen molar-refractivity contribution in [3.63, 3.8) is 0 Å². The van der Waals surface area contributed by atoms with E-state index >= 15 is 0 Å². The van der Waals surface area contributed by atoms with E-state index in [1.54, 1.807) is 12.1 Å². The van der Waals surface area contributed by atoms with Crippen molar-refractivity contribution in [1.29, 1.82) is 0 Å². The van der Waals surface area contributed by atoms with Crippen molar-refractivity contribution in [3.8, 4) is 0 Å². The molecule has 0 radical (unpaired) electrons. The van der Waals surface area contributed by atoms with Crippen molar-refractivity contribution in [2.45, 2.75) is 47.2 Å². The first-order chi connectivity index (χ1) is 9.32. The van der Waals surface area contributed by atoms with Crippen molar-refractivity contribution < 1.29 is 4.39 Å². The molecule has 1 aromatic rings. The molecule has 20 heavy (non-hydrogen) atoms. The van der Waals surface area contributed by atoms with Crippen LogP contribution >= 0.6 is 0 Å². The Hall–Kier alpha value is -1.09. The third kappa shape index (κ3) is 4.78. The van der Waals surface area contributed by atoms with Gasteiger partial charge in [0.15, 0.2) is 0 Å². The number of nitrogens with one attached hydrogen (secondary N) is 1. The molecule has 0 heterocycles. The maximum absolute atomic E-state index is 13.5. The lowest BCUT2D eigenvalue weighted by atomic mass is 10.0. The Morgan fingerprint density at radius 3 is 2.35 bits per heavy atom. The van der Waals surface area contributed by atoms with Crippen LogP contribution in [0.1, 0.15) is 40.2 Å². The fraction of sp³-hybridized carbons (Fsp3) is 0.647. The van der Waals surface area contributed by atoms with Crippen LogP contribution in [-0.2, 0) is 6.54 Å². The van der Waals surface area contributed by atoms with Gasteiger partial charge in [0, 0.05) is 25.3 Å². The first kappa shape index (κ1) is 17.0. The molecule has 0 saturated carbocycles. The van der Waals surface area contributed by atoms with Crippen molar-refractivity contribution in [2.75, 3.05) is 18.5 Å². The number of anilines is 1. The lowest BCUT2D eigenvalue weighted by Crippen LogP contribution is -2.34. The molecular formula is C17H29FN2. The van der Waals surface area contributed by atoms with Gasteiger partial charge in [0.2, 0.25) is 0 Å². The topological polar surface area (TPSA) is 15.3 Å². The quantitative estimate of drug-likeness (QED) is 0.810. The van der Waals surface area contributed by atoms with Crippen molar-refractivity contribution >= 4 is 5.69 Å². The van der Waals surface area contributed by atoms with Crippen LogP contribution < -0.4 is 10.2 Å². The van der Waals surface area contributed by atoms with Gasteiger partial charge >= 0.3 is 0 Å². The minimum atomic E-state index is -0.166. The van der Waals surface area contributed by atoms with Gasteiger partial charge in [-0.05, 0) is 49.1 Å². The molecule has 3 heteroatoms. The van der Waals surface area contributed by atoms with Gasteiger partial charge in [0.25, 0.3) is 0 Å². The molecule has 1 atom stereocenters. The fourth-order valence-corrected chi connectivity index (χ4v) is 2.20. The monoisotopic (exact) mass is 280 g/mol. The van der Waals surface area contributed by atoms with Gasteiger partial charge in [-0.2, -0.15) is 0 Å². The highest BCUT2D eigenvalue weighted by molar-refractivity contribution is 5.54. The molecule has 1 rings (SSSR count). The summed E-state index contributed by atoms with van der Waals surface area (Å²) in [5, 5.41) is 3.40. The highest BCUT2D eigenvalue weighted by atomic mass is 19.1. The summed E-state index contributed by atoms with van der Waals surface area (Å²) in [7, 11) is 2.09. The number of hydrogen-bond donors (Lipinski definition) is 1. The molecule has 0 aliphatic rings. The zero-order valence-corrected chi connectivity index (χ0v) is 13.7. The molecule has 0 aromatic heterocycles. The Bertz CT molecular complexity index is 415. The van der Waals surface area contributed by atoms with Crippen LogP contribution in [0.4, 0.5) is 10.1 Å². The molecular weight excluding hydrogens is 251 g/mol. The highest BCUT2D eigenvalue weighted by Crippen LogP contribution is 2.24. The molecule has 1 aromatic carbocycles. The molecule has 1 N–H and O–H groups in total. The molecule has 0 fully saturated rings. The van der Waals surface area contributed by atoms with E-state index in [4.69, 9.17) is 0 Å². The predicted molar refractivity (Wildman–Crippen MR) is 85.6 cm³/mol. The second-order valence-corrected chi connectivity index (χ2v) is 6.39. The summed E-state index contributed by atoms with van der Waals surface area (Å²) < 4.78 is 13.5. The number of hydrogen-bond acceptors (Lipinski definition) is 2. The largest absolute Gasteiger partial charge is 0.371 e. The van der Waals surface area contributed by atoms with Crippen molar-refractivity contribution in [1.82, 2.24) is 5.32 Å². The first-order valence-corrected chi connectivity index (χ1v) is 7.55. The minimum Gasteiger partial charge on any atom is -0.371 e. The molecule has 0 aliphatic heterocycles. The van der Waals surface area contributed by atoms with Crippen molar-refractivity contribution in [3.05, 3.63) is 29.6 Å². The molecule has 2 nitrogen and oxygen atoms in total.